The van der Waals surface area contributed by atoms with Crippen LogP contribution in [0.15, 0.2) is 67.0 Å². The molecule has 0 spiro atoms. The van der Waals surface area contributed by atoms with Gasteiger partial charge in [-0.2, -0.15) is 0 Å². The Bertz CT molecular complexity index is 1150. The van der Waals surface area contributed by atoms with Crippen LogP contribution in [0, 0.1) is 5.82 Å². The lowest BCUT2D eigenvalue weighted by Gasteiger charge is -2.13. The number of anilines is 2. The molecule has 0 atom stereocenters. The molecular weight excluding hydrogens is 373 g/mol. The molecule has 1 heterocycles. The number of ether oxygens (including phenoxy) is 3. The maximum atomic E-state index is 14.7. The van der Waals surface area contributed by atoms with E-state index in [-0.39, 0.29) is 5.69 Å². The Kier molecular flexibility index (Phi) is 5.11. The van der Waals surface area contributed by atoms with Gasteiger partial charge in [-0.1, -0.05) is 18.2 Å². The van der Waals surface area contributed by atoms with Crippen LogP contribution < -0.4 is 19.5 Å². The van der Waals surface area contributed by atoms with Crippen molar-refractivity contribution in [3.63, 3.8) is 0 Å². The van der Waals surface area contributed by atoms with E-state index in [2.05, 4.69) is 15.3 Å². The second-order valence-electron chi connectivity index (χ2n) is 6.13. The zero-order chi connectivity index (χ0) is 20.2. The number of fused-ring (bicyclic) bond motifs is 1. The largest absolute Gasteiger partial charge is 0.493 e. The van der Waals surface area contributed by atoms with Gasteiger partial charge in [-0.05, 0) is 30.3 Å². The van der Waals surface area contributed by atoms with E-state index in [9.17, 15) is 4.39 Å². The van der Waals surface area contributed by atoms with Gasteiger partial charge in [0.2, 0.25) is 0 Å². The number of aromatic nitrogens is 2. The third kappa shape index (κ3) is 3.89. The Morgan fingerprint density at radius 2 is 1.59 bits per heavy atom. The summed E-state index contributed by atoms with van der Waals surface area (Å²) in [5.74, 6) is 2.11. The first kappa shape index (κ1) is 18.5. The molecule has 6 nitrogen and oxygen atoms in total. The van der Waals surface area contributed by atoms with Gasteiger partial charge >= 0.3 is 0 Å². The molecule has 0 radical (unpaired) electrons. The van der Waals surface area contributed by atoms with Crippen molar-refractivity contribution < 1.29 is 18.6 Å². The number of hydrogen-bond acceptors (Lipinski definition) is 6. The van der Waals surface area contributed by atoms with Gasteiger partial charge in [0.25, 0.3) is 0 Å². The maximum absolute atomic E-state index is 14.7. The highest BCUT2D eigenvalue weighted by Gasteiger charge is 2.13. The number of nitrogens with zero attached hydrogens (tertiary/aromatic N) is 2. The van der Waals surface area contributed by atoms with E-state index in [1.807, 2.05) is 18.2 Å². The van der Waals surface area contributed by atoms with Gasteiger partial charge in [-0.15, -0.1) is 0 Å². The number of rotatable bonds is 6. The minimum atomic E-state index is -0.467. The maximum Gasteiger partial charge on any atom is 0.162 e. The molecule has 0 aliphatic heterocycles. The Morgan fingerprint density at radius 3 is 2.31 bits per heavy atom. The molecule has 0 fully saturated rings. The van der Waals surface area contributed by atoms with Crippen LogP contribution in [-0.4, -0.2) is 24.2 Å². The molecular formula is C22H18FN3O3. The van der Waals surface area contributed by atoms with Crippen LogP contribution in [0.5, 0.6) is 23.0 Å². The summed E-state index contributed by atoms with van der Waals surface area (Å²) in [5.41, 5.74) is 0.907. The number of methoxy groups -OCH3 is 2. The first-order chi connectivity index (χ1) is 14.2. The average molecular weight is 391 g/mol. The predicted molar refractivity (Wildman–Crippen MR) is 109 cm³/mol. The fourth-order valence-electron chi connectivity index (χ4n) is 2.90. The quantitative estimate of drug-likeness (QED) is 0.480. The monoisotopic (exact) mass is 391 g/mol. The molecule has 1 aromatic heterocycles. The highest BCUT2D eigenvalue weighted by Crippen LogP contribution is 2.35. The van der Waals surface area contributed by atoms with Crippen molar-refractivity contribution in [1.82, 2.24) is 9.97 Å². The van der Waals surface area contributed by atoms with Gasteiger partial charge < -0.3 is 19.5 Å². The van der Waals surface area contributed by atoms with Gasteiger partial charge in [-0.3, -0.25) is 0 Å². The van der Waals surface area contributed by atoms with Crippen LogP contribution in [0.1, 0.15) is 0 Å². The second-order valence-corrected chi connectivity index (χ2v) is 6.13. The molecule has 0 aliphatic carbocycles. The fourth-order valence-corrected chi connectivity index (χ4v) is 2.90. The lowest BCUT2D eigenvalue weighted by Crippen LogP contribution is -1.99. The molecule has 4 aromatic rings. The minimum Gasteiger partial charge on any atom is -0.493 e. The topological polar surface area (TPSA) is 65.5 Å². The van der Waals surface area contributed by atoms with Gasteiger partial charge in [0.1, 0.15) is 29.5 Å². The van der Waals surface area contributed by atoms with Crippen molar-refractivity contribution in [3.8, 4) is 23.0 Å². The molecule has 29 heavy (non-hydrogen) atoms. The van der Waals surface area contributed by atoms with E-state index in [0.29, 0.717) is 39.7 Å². The summed E-state index contributed by atoms with van der Waals surface area (Å²) in [6, 6.07) is 17.3. The zero-order valence-electron chi connectivity index (χ0n) is 15.8. The van der Waals surface area contributed by atoms with Crippen LogP contribution in [0.25, 0.3) is 10.9 Å². The van der Waals surface area contributed by atoms with E-state index in [1.165, 1.54) is 12.4 Å². The lowest BCUT2D eigenvalue weighted by atomic mass is 10.2. The average Bonchev–Trinajstić information content (AvgIpc) is 2.75. The third-order valence-corrected chi connectivity index (χ3v) is 4.31. The van der Waals surface area contributed by atoms with Gasteiger partial charge in [0, 0.05) is 17.5 Å². The molecule has 0 saturated heterocycles. The zero-order valence-corrected chi connectivity index (χ0v) is 15.8. The highest BCUT2D eigenvalue weighted by molar-refractivity contribution is 5.93. The molecule has 3 aromatic carbocycles. The van der Waals surface area contributed by atoms with Crippen molar-refractivity contribution in [3.05, 3.63) is 72.8 Å². The van der Waals surface area contributed by atoms with E-state index < -0.39 is 5.82 Å². The number of nitrogens with one attached hydrogen (secondary N) is 1. The summed E-state index contributed by atoms with van der Waals surface area (Å²) in [4.78, 5) is 8.50. The van der Waals surface area contributed by atoms with E-state index in [0.717, 1.165) is 0 Å². The van der Waals surface area contributed by atoms with E-state index in [1.54, 1.807) is 50.6 Å². The first-order valence-corrected chi connectivity index (χ1v) is 8.84. The van der Waals surface area contributed by atoms with Crippen molar-refractivity contribution in [2.24, 2.45) is 0 Å². The Morgan fingerprint density at radius 1 is 0.828 bits per heavy atom. The predicted octanol–water partition coefficient (Wildman–Crippen LogP) is 5.32. The lowest BCUT2D eigenvalue weighted by molar-refractivity contribution is 0.356. The summed E-state index contributed by atoms with van der Waals surface area (Å²) < 4.78 is 31.0. The summed E-state index contributed by atoms with van der Waals surface area (Å²) in [6.45, 7) is 0. The number of benzene rings is 3. The standard InChI is InChI=1S/C22H18FN3O3/c1-27-20-11-16-19(12-21(20)28-2)24-13-25-22(16)26-18-9-8-15(10-17(18)23)29-14-6-4-3-5-7-14/h3-13H,1-2H3,(H,24,25,26). The van der Waals surface area contributed by atoms with Gasteiger partial charge in [0.15, 0.2) is 11.5 Å². The van der Waals surface area contributed by atoms with E-state index in [4.69, 9.17) is 14.2 Å². The van der Waals surface area contributed by atoms with E-state index >= 15 is 0 Å². The molecule has 0 bridgehead atoms. The summed E-state index contributed by atoms with van der Waals surface area (Å²) in [6.07, 6.45) is 1.40. The molecule has 146 valence electrons. The summed E-state index contributed by atoms with van der Waals surface area (Å²) >= 11 is 0. The summed E-state index contributed by atoms with van der Waals surface area (Å²) in [7, 11) is 3.10. The van der Waals surface area contributed by atoms with Crippen LogP contribution in [-0.2, 0) is 0 Å². The number of para-hydroxylation sites is 1. The molecule has 4 rings (SSSR count). The Balaban J connectivity index is 1.64. The Labute approximate surface area is 166 Å². The van der Waals surface area contributed by atoms with Crippen molar-refractivity contribution >= 4 is 22.4 Å². The van der Waals surface area contributed by atoms with Gasteiger partial charge in [0.05, 0.1) is 25.4 Å². The van der Waals surface area contributed by atoms with Crippen LogP contribution in [0.4, 0.5) is 15.9 Å². The molecule has 0 saturated carbocycles. The normalized spacial score (nSPS) is 10.6. The van der Waals surface area contributed by atoms with Crippen LogP contribution in [0.3, 0.4) is 0 Å². The molecule has 1 N–H and O–H groups in total. The van der Waals surface area contributed by atoms with Crippen molar-refractivity contribution in [2.75, 3.05) is 19.5 Å². The Hall–Kier alpha value is -3.87. The molecule has 7 heteroatoms. The third-order valence-electron chi connectivity index (χ3n) is 4.31. The second kappa shape index (κ2) is 8.02. The molecule has 0 unspecified atom stereocenters. The molecule has 0 amide bonds. The molecule has 0 aliphatic rings. The van der Waals surface area contributed by atoms with Crippen LogP contribution in [0.2, 0.25) is 0 Å². The fraction of sp³-hybridized carbons (Fsp3) is 0.0909. The number of hydrogen-bond donors (Lipinski definition) is 1. The summed E-state index contributed by atoms with van der Waals surface area (Å²) in [5, 5.41) is 3.69. The smallest absolute Gasteiger partial charge is 0.162 e. The minimum absolute atomic E-state index is 0.264. The highest BCUT2D eigenvalue weighted by atomic mass is 19.1. The van der Waals surface area contributed by atoms with Crippen molar-refractivity contribution in [2.45, 2.75) is 0 Å². The van der Waals surface area contributed by atoms with Crippen LogP contribution >= 0.6 is 0 Å². The SMILES string of the molecule is COc1cc2ncnc(Nc3ccc(Oc4ccccc4)cc3F)c2cc1OC. The number of halogens is 1. The van der Waals surface area contributed by atoms with Gasteiger partial charge in [-0.25, -0.2) is 14.4 Å². The first-order valence-electron chi connectivity index (χ1n) is 8.84. The van der Waals surface area contributed by atoms with Crippen molar-refractivity contribution in [1.29, 1.82) is 0 Å².